The van der Waals surface area contributed by atoms with Gasteiger partial charge in [-0.15, -0.1) is 0 Å². The minimum atomic E-state index is -4.13. The molecule has 4 aromatic carbocycles. The van der Waals surface area contributed by atoms with Crippen molar-refractivity contribution in [3.05, 3.63) is 126 Å². The largest absolute Gasteiger partial charge is 0.494 e. The molecular formula is C33H34FN3O4S. The monoisotopic (exact) mass is 587 g/mol. The second kappa shape index (κ2) is 13.2. The molecule has 0 atom stereocenters. The van der Waals surface area contributed by atoms with E-state index in [1.165, 1.54) is 47.5 Å². The second-order valence-corrected chi connectivity index (χ2v) is 11.9. The number of carbonyl (C=O) groups is 1. The SMILES string of the molecule is CCOc1ccc(S(=O)(=O)N(CC(=O)N2CCN(C(c3ccccc3)c3ccccc3)CC2)c2ccc(F)cc2)cc1. The van der Waals surface area contributed by atoms with Crippen molar-refractivity contribution < 1.29 is 22.3 Å². The highest BCUT2D eigenvalue weighted by atomic mass is 32.2. The van der Waals surface area contributed by atoms with Crippen LogP contribution >= 0.6 is 0 Å². The molecule has 42 heavy (non-hydrogen) atoms. The van der Waals surface area contributed by atoms with Crippen LogP contribution < -0.4 is 9.04 Å². The lowest BCUT2D eigenvalue weighted by molar-refractivity contribution is -0.131. The van der Waals surface area contributed by atoms with Crippen LogP contribution in [0.25, 0.3) is 0 Å². The lowest BCUT2D eigenvalue weighted by atomic mass is 9.96. The maximum Gasteiger partial charge on any atom is 0.264 e. The Balaban J connectivity index is 1.34. The molecule has 0 spiro atoms. The average Bonchev–Trinajstić information content (AvgIpc) is 3.02. The Morgan fingerprint density at radius 3 is 1.88 bits per heavy atom. The number of sulfonamides is 1. The number of rotatable bonds is 10. The number of benzene rings is 4. The van der Waals surface area contributed by atoms with E-state index in [-0.39, 0.29) is 22.5 Å². The van der Waals surface area contributed by atoms with Gasteiger partial charge in [-0.1, -0.05) is 60.7 Å². The number of nitrogens with zero attached hydrogens (tertiary/aromatic N) is 3. The molecule has 0 N–H and O–H groups in total. The van der Waals surface area contributed by atoms with E-state index < -0.39 is 22.4 Å². The summed E-state index contributed by atoms with van der Waals surface area (Å²) in [5.41, 5.74) is 2.56. The molecule has 0 aromatic heterocycles. The van der Waals surface area contributed by atoms with Crippen LogP contribution in [0.4, 0.5) is 10.1 Å². The zero-order valence-corrected chi connectivity index (χ0v) is 24.3. The van der Waals surface area contributed by atoms with Gasteiger partial charge in [0.1, 0.15) is 18.1 Å². The highest BCUT2D eigenvalue weighted by Crippen LogP contribution is 2.30. The molecule has 1 aliphatic heterocycles. The van der Waals surface area contributed by atoms with E-state index in [0.29, 0.717) is 38.5 Å². The van der Waals surface area contributed by atoms with Crippen molar-refractivity contribution in [1.82, 2.24) is 9.80 Å². The van der Waals surface area contributed by atoms with Crippen LogP contribution in [-0.4, -0.2) is 63.5 Å². The van der Waals surface area contributed by atoms with Crippen molar-refractivity contribution in [3.8, 4) is 5.75 Å². The minimum Gasteiger partial charge on any atom is -0.494 e. The Labute approximate surface area is 246 Å². The van der Waals surface area contributed by atoms with Crippen molar-refractivity contribution in [2.24, 2.45) is 0 Å². The average molecular weight is 588 g/mol. The summed E-state index contributed by atoms with van der Waals surface area (Å²) in [6.45, 7) is 4.06. The van der Waals surface area contributed by atoms with Crippen LogP contribution in [0.1, 0.15) is 24.1 Å². The number of amides is 1. The Hall–Kier alpha value is -4.21. The summed E-state index contributed by atoms with van der Waals surface area (Å²) in [7, 11) is -4.13. The highest BCUT2D eigenvalue weighted by Gasteiger charge is 2.32. The van der Waals surface area contributed by atoms with E-state index in [9.17, 15) is 17.6 Å². The van der Waals surface area contributed by atoms with Gasteiger partial charge < -0.3 is 9.64 Å². The first kappa shape index (κ1) is 29.3. The third kappa shape index (κ3) is 6.64. The van der Waals surface area contributed by atoms with Gasteiger partial charge in [-0.05, 0) is 66.6 Å². The Morgan fingerprint density at radius 1 is 0.810 bits per heavy atom. The van der Waals surface area contributed by atoms with Gasteiger partial charge in [0.2, 0.25) is 5.91 Å². The van der Waals surface area contributed by atoms with Gasteiger partial charge in [0, 0.05) is 26.2 Å². The fraction of sp³-hybridized carbons (Fsp3) is 0.242. The third-order valence-electron chi connectivity index (χ3n) is 7.38. The number of ether oxygens (including phenoxy) is 1. The molecule has 0 aliphatic carbocycles. The van der Waals surface area contributed by atoms with E-state index in [1.807, 2.05) is 43.3 Å². The summed E-state index contributed by atoms with van der Waals surface area (Å²) in [5.74, 6) is -0.265. The molecule has 1 saturated heterocycles. The molecule has 1 heterocycles. The molecular weight excluding hydrogens is 553 g/mol. The van der Waals surface area contributed by atoms with Gasteiger partial charge in [-0.3, -0.25) is 14.0 Å². The molecule has 0 unspecified atom stereocenters. The Bertz CT molecular complexity index is 1520. The summed E-state index contributed by atoms with van der Waals surface area (Å²) >= 11 is 0. The molecule has 0 saturated carbocycles. The Kier molecular flexibility index (Phi) is 9.19. The van der Waals surface area contributed by atoms with Gasteiger partial charge in [0.05, 0.1) is 23.2 Å². The summed E-state index contributed by atoms with van der Waals surface area (Å²) in [6, 6.07) is 31.8. The predicted molar refractivity (Wildman–Crippen MR) is 161 cm³/mol. The quantitative estimate of drug-likeness (QED) is 0.250. The van der Waals surface area contributed by atoms with Gasteiger partial charge in [0.25, 0.3) is 10.0 Å². The number of hydrogen-bond acceptors (Lipinski definition) is 5. The lowest BCUT2D eigenvalue weighted by Crippen LogP contribution is -2.52. The molecule has 4 aromatic rings. The fourth-order valence-corrected chi connectivity index (χ4v) is 6.68. The van der Waals surface area contributed by atoms with Crippen LogP contribution in [-0.2, 0) is 14.8 Å². The number of halogens is 1. The smallest absolute Gasteiger partial charge is 0.264 e. The maximum absolute atomic E-state index is 13.8. The zero-order valence-electron chi connectivity index (χ0n) is 23.5. The van der Waals surface area contributed by atoms with Gasteiger partial charge in [-0.2, -0.15) is 0 Å². The van der Waals surface area contributed by atoms with E-state index in [0.717, 1.165) is 4.31 Å². The van der Waals surface area contributed by atoms with Crippen molar-refractivity contribution >= 4 is 21.6 Å². The molecule has 7 nitrogen and oxygen atoms in total. The zero-order chi connectivity index (χ0) is 29.5. The van der Waals surface area contributed by atoms with E-state index in [4.69, 9.17) is 4.74 Å². The lowest BCUT2D eigenvalue weighted by Gasteiger charge is -2.40. The van der Waals surface area contributed by atoms with E-state index in [1.54, 1.807) is 17.0 Å². The first-order valence-electron chi connectivity index (χ1n) is 14.0. The van der Waals surface area contributed by atoms with Gasteiger partial charge in [-0.25, -0.2) is 12.8 Å². The van der Waals surface area contributed by atoms with Crippen molar-refractivity contribution in [2.75, 3.05) is 43.6 Å². The first-order chi connectivity index (χ1) is 20.4. The van der Waals surface area contributed by atoms with Crippen LogP contribution in [0.5, 0.6) is 5.75 Å². The maximum atomic E-state index is 13.8. The summed E-state index contributed by atoms with van der Waals surface area (Å²) < 4.78 is 47.8. The van der Waals surface area contributed by atoms with Gasteiger partial charge in [0.15, 0.2) is 0 Å². The Morgan fingerprint density at radius 2 is 1.36 bits per heavy atom. The third-order valence-corrected chi connectivity index (χ3v) is 9.17. The molecule has 1 aliphatic rings. The molecule has 218 valence electrons. The molecule has 1 fully saturated rings. The number of piperazine rings is 1. The highest BCUT2D eigenvalue weighted by molar-refractivity contribution is 7.92. The van der Waals surface area contributed by atoms with Crippen molar-refractivity contribution in [2.45, 2.75) is 17.9 Å². The predicted octanol–water partition coefficient (Wildman–Crippen LogP) is 5.35. The number of carbonyl (C=O) groups excluding carboxylic acids is 1. The molecule has 0 radical (unpaired) electrons. The molecule has 5 rings (SSSR count). The minimum absolute atomic E-state index is 0.0152. The van der Waals surface area contributed by atoms with Crippen molar-refractivity contribution in [3.63, 3.8) is 0 Å². The van der Waals surface area contributed by atoms with Crippen LogP contribution in [0, 0.1) is 5.82 Å². The van der Waals surface area contributed by atoms with E-state index >= 15 is 0 Å². The fourth-order valence-electron chi connectivity index (χ4n) is 5.26. The normalized spacial score (nSPS) is 14.1. The topological polar surface area (TPSA) is 70.2 Å². The number of anilines is 1. The van der Waals surface area contributed by atoms with Crippen LogP contribution in [0.2, 0.25) is 0 Å². The van der Waals surface area contributed by atoms with Crippen LogP contribution in [0.3, 0.4) is 0 Å². The summed E-state index contributed by atoms with van der Waals surface area (Å²) in [5, 5.41) is 0. The standard InChI is InChI=1S/C33H34FN3O4S/c1-2-41-30-17-19-31(20-18-30)42(39,40)37(29-15-13-28(34)14-16-29)25-32(38)35-21-23-36(24-22-35)33(26-9-5-3-6-10-26)27-11-7-4-8-12-27/h3-20,33H,2,21-25H2,1H3. The second-order valence-electron chi connectivity index (χ2n) is 10.0. The van der Waals surface area contributed by atoms with Crippen LogP contribution in [0.15, 0.2) is 114 Å². The van der Waals surface area contributed by atoms with Crippen molar-refractivity contribution in [1.29, 1.82) is 0 Å². The number of hydrogen-bond donors (Lipinski definition) is 0. The molecule has 1 amide bonds. The van der Waals surface area contributed by atoms with E-state index in [2.05, 4.69) is 29.2 Å². The van der Waals surface area contributed by atoms with Gasteiger partial charge >= 0.3 is 0 Å². The summed E-state index contributed by atoms with van der Waals surface area (Å²) in [6.07, 6.45) is 0. The molecule has 9 heteroatoms. The summed E-state index contributed by atoms with van der Waals surface area (Å²) in [4.78, 5) is 17.7. The first-order valence-corrected chi connectivity index (χ1v) is 15.4. The molecule has 0 bridgehead atoms.